The molecule has 3 nitrogen and oxygen atoms in total. The van der Waals surface area contributed by atoms with Crippen LogP contribution in [0.3, 0.4) is 0 Å². The van der Waals surface area contributed by atoms with E-state index < -0.39 is 12.1 Å². The highest BCUT2D eigenvalue weighted by Crippen LogP contribution is 2.24. The molecule has 0 saturated heterocycles. The Hall–Kier alpha value is -2.23. The summed E-state index contributed by atoms with van der Waals surface area (Å²) in [6.07, 6.45) is -0.197. The van der Waals surface area contributed by atoms with E-state index in [9.17, 15) is 4.79 Å². The van der Waals surface area contributed by atoms with Crippen LogP contribution in [0.1, 0.15) is 15.9 Å². The highest BCUT2D eigenvalue weighted by Gasteiger charge is 2.13. The van der Waals surface area contributed by atoms with Gasteiger partial charge in [0, 0.05) is 5.56 Å². The molecule has 0 aliphatic rings. The molecule has 0 spiro atoms. The van der Waals surface area contributed by atoms with Gasteiger partial charge in [0.2, 0.25) is 12.1 Å². The van der Waals surface area contributed by atoms with Crippen LogP contribution in [0.25, 0.3) is 17.2 Å². The van der Waals surface area contributed by atoms with Gasteiger partial charge in [-0.1, -0.05) is 61.2 Å². The van der Waals surface area contributed by atoms with Crippen molar-refractivity contribution in [2.45, 2.75) is 6.29 Å². The van der Waals surface area contributed by atoms with Gasteiger partial charge in [0.05, 0.1) is 0 Å². The second kappa shape index (κ2) is 5.61. The molecule has 0 aliphatic carbocycles. The Kier molecular flexibility index (Phi) is 3.90. The fourth-order valence-corrected chi connectivity index (χ4v) is 1.90. The summed E-state index contributed by atoms with van der Waals surface area (Å²) in [6.45, 7) is 3.77. The summed E-state index contributed by atoms with van der Waals surface area (Å²) < 4.78 is 0. The molecule has 0 fully saturated rings. The van der Waals surface area contributed by atoms with E-state index in [1.54, 1.807) is 30.3 Å². The molecular weight excluding hydrogens is 240 g/mol. The van der Waals surface area contributed by atoms with Crippen molar-refractivity contribution in [2.75, 3.05) is 0 Å². The van der Waals surface area contributed by atoms with Gasteiger partial charge < -0.3 is 10.2 Å². The third-order valence-electron chi connectivity index (χ3n) is 2.90. The first kappa shape index (κ1) is 13.2. The third kappa shape index (κ3) is 2.78. The van der Waals surface area contributed by atoms with E-state index in [-0.39, 0.29) is 5.56 Å². The van der Waals surface area contributed by atoms with E-state index in [1.807, 2.05) is 24.3 Å². The summed E-state index contributed by atoms with van der Waals surface area (Å²) >= 11 is 0. The van der Waals surface area contributed by atoms with Gasteiger partial charge in [0.15, 0.2) is 0 Å². The predicted octanol–water partition coefficient (Wildman–Crippen LogP) is 2.49. The van der Waals surface area contributed by atoms with Crippen LogP contribution in [0.5, 0.6) is 0 Å². The van der Waals surface area contributed by atoms with E-state index in [2.05, 4.69) is 6.58 Å². The SMILES string of the molecule is C=Cc1ccccc1-c1ccc(C(=O)C(O)O)cc1. The number of aliphatic hydroxyl groups is 2. The topological polar surface area (TPSA) is 57.5 Å². The van der Waals surface area contributed by atoms with Crippen molar-refractivity contribution in [3.05, 3.63) is 66.2 Å². The Balaban J connectivity index is 2.38. The average molecular weight is 254 g/mol. The summed E-state index contributed by atoms with van der Waals surface area (Å²) in [4.78, 5) is 11.4. The molecule has 0 saturated carbocycles. The lowest BCUT2D eigenvalue weighted by molar-refractivity contribution is -0.0195. The molecular formula is C16H14O3. The number of benzene rings is 2. The van der Waals surface area contributed by atoms with Gasteiger partial charge in [0.1, 0.15) is 0 Å². The van der Waals surface area contributed by atoms with Crippen molar-refractivity contribution in [1.82, 2.24) is 0 Å². The zero-order valence-electron chi connectivity index (χ0n) is 10.3. The second-order valence-electron chi connectivity index (χ2n) is 4.11. The number of Topliss-reactive ketones (excluding diaryl/α,β-unsaturated/α-hetero) is 1. The summed E-state index contributed by atoms with van der Waals surface area (Å²) in [5.74, 6) is -0.705. The molecule has 0 atom stereocenters. The Labute approximate surface area is 111 Å². The minimum absolute atomic E-state index is 0.273. The normalized spacial score (nSPS) is 10.5. The Morgan fingerprint density at radius 3 is 2.26 bits per heavy atom. The van der Waals surface area contributed by atoms with E-state index in [0.29, 0.717) is 0 Å². The van der Waals surface area contributed by atoms with Gasteiger partial charge in [0.25, 0.3) is 0 Å². The first-order valence-electron chi connectivity index (χ1n) is 5.85. The maximum absolute atomic E-state index is 11.4. The molecule has 0 heterocycles. The summed E-state index contributed by atoms with van der Waals surface area (Å²) in [5.41, 5.74) is 3.24. The monoisotopic (exact) mass is 254 g/mol. The second-order valence-corrected chi connectivity index (χ2v) is 4.11. The van der Waals surface area contributed by atoms with Crippen LogP contribution in [0, 0.1) is 0 Å². The zero-order chi connectivity index (χ0) is 13.8. The molecule has 2 aromatic rings. The van der Waals surface area contributed by atoms with Crippen LogP contribution >= 0.6 is 0 Å². The average Bonchev–Trinajstić information content (AvgIpc) is 2.46. The third-order valence-corrected chi connectivity index (χ3v) is 2.90. The van der Waals surface area contributed by atoms with Gasteiger partial charge in [-0.3, -0.25) is 4.79 Å². The van der Waals surface area contributed by atoms with Crippen LogP contribution in [0.4, 0.5) is 0 Å². The molecule has 0 radical (unpaired) electrons. The number of carbonyl (C=O) groups excluding carboxylic acids is 1. The number of hydrogen-bond donors (Lipinski definition) is 2. The van der Waals surface area contributed by atoms with Crippen molar-refractivity contribution in [3.8, 4) is 11.1 Å². The molecule has 19 heavy (non-hydrogen) atoms. The lowest BCUT2D eigenvalue weighted by Gasteiger charge is -2.07. The molecule has 3 heteroatoms. The number of carbonyl (C=O) groups is 1. The molecule has 0 unspecified atom stereocenters. The quantitative estimate of drug-likeness (QED) is 0.651. The minimum atomic E-state index is -1.97. The lowest BCUT2D eigenvalue weighted by atomic mass is 9.98. The van der Waals surface area contributed by atoms with Crippen molar-refractivity contribution >= 4 is 11.9 Å². The number of aliphatic hydroxyl groups excluding tert-OH is 1. The van der Waals surface area contributed by atoms with Crippen LogP contribution in [0.2, 0.25) is 0 Å². The maximum atomic E-state index is 11.4. The smallest absolute Gasteiger partial charge is 0.218 e. The van der Waals surface area contributed by atoms with Crippen molar-refractivity contribution in [1.29, 1.82) is 0 Å². The first-order valence-corrected chi connectivity index (χ1v) is 5.85. The van der Waals surface area contributed by atoms with E-state index >= 15 is 0 Å². The molecule has 2 N–H and O–H groups in total. The molecule has 2 aromatic carbocycles. The molecule has 2 rings (SSSR count). The highest BCUT2D eigenvalue weighted by atomic mass is 16.5. The fourth-order valence-electron chi connectivity index (χ4n) is 1.90. The molecule has 0 bridgehead atoms. The summed E-state index contributed by atoms with van der Waals surface area (Å²) in [5, 5.41) is 17.7. The van der Waals surface area contributed by atoms with Crippen molar-refractivity contribution < 1.29 is 15.0 Å². The predicted molar refractivity (Wildman–Crippen MR) is 74.5 cm³/mol. The summed E-state index contributed by atoms with van der Waals surface area (Å²) in [6, 6.07) is 14.5. The van der Waals surface area contributed by atoms with E-state index in [1.165, 1.54) is 0 Å². The van der Waals surface area contributed by atoms with Crippen molar-refractivity contribution in [3.63, 3.8) is 0 Å². The minimum Gasteiger partial charge on any atom is -0.362 e. The van der Waals surface area contributed by atoms with Gasteiger partial charge in [-0.25, -0.2) is 0 Å². The van der Waals surface area contributed by atoms with Crippen LogP contribution in [-0.4, -0.2) is 22.3 Å². The first-order chi connectivity index (χ1) is 9.13. The fraction of sp³-hybridized carbons (Fsp3) is 0.0625. The molecule has 0 aliphatic heterocycles. The van der Waals surface area contributed by atoms with Gasteiger partial charge in [-0.2, -0.15) is 0 Å². The van der Waals surface area contributed by atoms with Crippen LogP contribution < -0.4 is 0 Å². The van der Waals surface area contributed by atoms with Crippen LogP contribution in [0.15, 0.2) is 55.1 Å². The maximum Gasteiger partial charge on any atom is 0.218 e. The number of hydrogen-bond acceptors (Lipinski definition) is 3. The zero-order valence-corrected chi connectivity index (χ0v) is 10.3. The van der Waals surface area contributed by atoms with Crippen molar-refractivity contribution in [2.24, 2.45) is 0 Å². The summed E-state index contributed by atoms with van der Waals surface area (Å²) in [7, 11) is 0. The van der Waals surface area contributed by atoms with Gasteiger partial charge >= 0.3 is 0 Å². The number of rotatable bonds is 4. The molecule has 0 aromatic heterocycles. The van der Waals surface area contributed by atoms with E-state index in [0.717, 1.165) is 16.7 Å². The Morgan fingerprint density at radius 1 is 1.05 bits per heavy atom. The van der Waals surface area contributed by atoms with Gasteiger partial charge in [-0.15, -0.1) is 0 Å². The highest BCUT2D eigenvalue weighted by molar-refractivity contribution is 5.98. The Bertz CT molecular complexity index is 598. The Morgan fingerprint density at radius 2 is 1.68 bits per heavy atom. The van der Waals surface area contributed by atoms with E-state index in [4.69, 9.17) is 10.2 Å². The largest absolute Gasteiger partial charge is 0.362 e. The number of ketones is 1. The molecule has 96 valence electrons. The van der Waals surface area contributed by atoms with Gasteiger partial charge in [-0.05, 0) is 16.7 Å². The standard InChI is InChI=1S/C16H14O3/c1-2-11-5-3-4-6-14(11)12-7-9-13(10-8-12)15(17)16(18)19/h2-10,16,18-19H,1H2. The lowest BCUT2D eigenvalue weighted by Crippen LogP contribution is -2.19. The molecule has 0 amide bonds. The van der Waals surface area contributed by atoms with Crippen LogP contribution in [-0.2, 0) is 0 Å².